The summed E-state index contributed by atoms with van der Waals surface area (Å²) in [5.74, 6) is -0.868. The van der Waals surface area contributed by atoms with Gasteiger partial charge in [-0.2, -0.15) is 5.26 Å². The molecular weight excluding hydrogens is 424 g/mol. The van der Waals surface area contributed by atoms with Gasteiger partial charge in [-0.25, -0.2) is 4.79 Å². The minimum absolute atomic E-state index is 0.208. The average molecular weight is 441 g/mol. The monoisotopic (exact) mass is 440 g/mol. The normalized spacial score (nSPS) is 11.2. The number of nitrogens with one attached hydrogen (secondary N) is 1. The number of amides is 1. The van der Waals surface area contributed by atoms with Crippen molar-refractivity contribution in [3.05, 3.63) is 81.7 Å². The Labute approximate surface area is 182 Å². The average Bonchev–Trinajstić information content (AvgIpc) is 3.20. The van der Waals surface area contributed by atoms with Crippen molar-refractivity contribution < 1.29 is 19.1 Å². The molecule has 0 aliphatic heterocycles. The highest BCUT2D eigenvalue weighted by Gasteiger charge is 2.22. The second-order valence-corrected chi connectivity index (χ2v) is 7.58. The molecule has 0 bridgehead atoms. The molecule has 0 saturated heterocycles. The number of nitriles is 1. The van der Waals surface area contributed by atoms with Crippen molar-refractivity contribution >= 4 is 39.8 Å². The zero-order valence-electron chi connectivity index (χ0n) is 15.9. The zero-order chi connectivity index (χ0) is 21.5. The molecule has 0 spiro atoms. The molecule has 1 aromatic heterocycles. The molecule has 8 heteroatoms. The quantitative estimate of drug-likeness (QED) is 0.520. The number of ether oxygens (including phenoxy) is 2. The number of anilines is 1. The van der Waals surface area contributed by atoms with Gasteiger partial charge in [0, 0.05) is 5.02 Å². The van der Waals surface area contributed by atoms with Gasteiger partial charge in [-0.1, -0.05) is 35.9 Å². The molecule has 0 aliphatic carbocycles. The van der Waals surface area contributed by atoms with Crippen LogP contribution < -0.4 is 10.1 Å². The lowest BCUT2D eigenvalue weighted by Gasteiger charge is -2.15. The number of esters is 1. The van der Waals surface area contributed by atoms with E-state index in [1.807, 2.05) is 18.2 Å². The van der Waals surface area contributed by atoms with E-state index in [9.17, 15) is 9.59 Å². The van der Waals surface area contributed by atoms with Crippen LogP contribution in [0, 0.1) is 11.3 Å². The highest BCUT2D eigenvalue weighted by atomic mass is 35.5. The van der Waals surface area contributed by atoms with Gasteiger partial charge in [0.2, 0.25) is 0 Å². The van der Waals surface area contributed by atoms with Gasteiger partial charge in [0.1, 0.15) is 29.0 Å². The molecule has 0 fully saturated rings. The molecule has 3 rings (SSSR count). The highest BCUT2D eigenvalue weighted by molar-refractivity contribution is 7.14. The Morgan fingerprint density at radius 3 is 2.63 bits per heavy atom. The SMILES string of the molecule is CC(OC(=O)c1ccccc1OCc1ccc(Cl)cc1)C(=O)Nc1sccc1C#N. The van der Waals surface area contributed by atoms with E-state index in [4.69, 9.17) is 26.3 Å². The first-order valence-corrected chi connectivity index (χ1v) is 10.2. The van der Waals surface area contributed by atoms with Crippen LogP contribution in [-0.4, -0.2) is 18.0 Å². The molecule has 1 heterocycles. The van der Waals surface area contributed by atoms with Crippen LogP contribution in [0.1, 0.15) is 28.4 Å². The Balaban J connectivity index is 1.64. The fourth-order valence-corrected chi connectivity index (χ4v) is 3.35. The summed E-state index contributed by atoms with van der Waals surface area (Å²) in [6, 6.07) is 17.4. The third kappa shape index (κ3) is 5.38. The molecule has 1 atom stereocenters. The number of benzene rings is 2. The van der Waals surface area contributed by atoms with E-state index >= 15 is 0 Å². The van der Waals surface area contributed by atoms with Gasteiger partial charge in [0.25, 0.3) is 5.91 Å². The summed E-state index contributed by atoms with van der Waals surface area (Å²) in [5, 5.41) is 14.4. The van der Waals surface area contributed by atoms with Crippen LogP contribution >= 0.6 is 22.9 Å². The first kappa shape index (κ1) is 21.4. The number of carbonyl (C=O) groups excluding carboxylic acids is 2. The zero-order valence-corrected chi connectivity index (χ0v) is 17.5. The number of hydrogen-bond acceptors (Lipinski definition) is 6. The maximum absolute atomic E-state index is 12.6. The molecule has 2 aromatic carbocycles. The number of para-hydroxylation sites is 1. The van der Waals surface area contributed by atoms with Crippen LogP contribution in [0.5, 0.6) is 5.75 Å². The van der Waals surface area contributed by atoms with Gasteiger partial charge < -0.3 is 14.8 Å². The number of nitrogens with zero attached hydrogens (tertiary/aromatic N) is 1. The molecule has 1 unspecified atom stereocenters. The topological polar surface area (TPSA) is 88.4 Å². The van der Waals surface area contributed by atoms with E-state index in [1.54, 1.807) is 47.8 Å². The molecule has 3 aromatic rings. The van der Waals surface area contributed by atoms with Crippen molar-refractivity contribution in [2.24, 2.45) is 0 Å². The number of halogens is 1. The summed E-state index contributed by atoms with van der Waals surface area (Å²) in [7, 11) is 0. The number of rotatable bonds is 7. The van der Waals surface area contributed by atoms with E-state index in [-0.39, 0.29) is 12.2 Å². The lowest BCUT2D eigenvalue weighted by Crippen LogP contribution is -2.30. The summed E-state index contributed by atoms with van der Waals surface area (Å²) in [6.45, 7) is 1.71. The molecule has 0 aliphatic rings. The Kier molecular flexibility index (Phi) is 7.07. The second kappa shape index (κ2) is 9.92. The number of hydrogen-bond donors (Lipinski definition) is 1. The minimum Gasteiger partial charge on any atom is -0.488 e. The maximum atomic E-state index is 12.6. The van der Waals surface area contributed by atoms with Crippen LogP contribution in [0.2, 0.25) is 5.02 Å². The van der Waals surface area contributed by atoms with E-state index in [1.165, 1.54) is 18.3 Å². The van der Waals surface area contributed by atoms with Crippen molar-refractivity contribution in [3.63, 3.8) is 0 Å². The summed E-state index contributed by atoms with van der Waals surface area (Å²) in [5.41, 5.74) is 1.45. The van der Waals surface area contributed by atoms with Gasteiger partial charge in [-0.15, -0.1) is 11.3 Å². The summed E-state index contributed by atoms with van der Waals surface area (Å²) >= 11 is 7.10. The third-order valence-corrected chi connectivity index (χ3v) is 5.17. The van der Waals surface area contributed by atoms with Gasteiger partial charge in [0.15, 0.2) is 6.10 Å². The lowest BCUT2D eigenvalue weighted by atomic mass is 10.2. The Morgan fingerprint density at radius 1 is 1.17 bits per heavy atom. The van der Waals surface area contributed by atoms with Crippen molar-refractivity contribution in [2.45, 2.75) is 19.6 Å². The number of carbonyl (C=O) groups is 2. The van der Waals surface area contributed by atoms with E-state index < -0.39 is 18.0 Å². The predicted octanol–water partition coefficient (Wildman–Crippen LogP) is 5.04. The standard InChI is InChI=1S/C22H17ClN2O4S/c1-14(20(26)25-21-16(12-24)10-11-30-21)29-22(27)18-4-2-3-5-19(18)28-13-15-6-8-17(23)9-7-15/h2-11,14H,13H2,1H3,(H,25,26). The molecule has 152 valence electrons. The van der Waals surface area contributed by atoms with Gasteiger partial charge >= 0.3 is 5.97 Å². The first-order valence-electron chi connectivity index (χ1n) is 8.93. The molecule has 0 saturated carbocycles. The second-order valence-electron chi connectivity index (χ2n) is 6.22. The van der Waals surface area contributed by atoms with Crippen molar-refractivity contribution in [1.29, 1.82) is 5.26 Å². The fraction of sp³-hybridized carbons (Fsp3) is 0.136. The summed E-state index contributed by atoms with van der Waals surface area (Å²) < 4.78 is 11.1. The molecule has 1 amide bonds. The molecule has 30 heavy (non-hydrogen) atoms. The van der Waals surface area contributed by atoms with Crippen LogP contribution in [0.4, 0.5) is 5.00 Å². The van der Waals surface area contributed by atoms with Crippen LogP contribution in [0.15, 0.2) is 60.0 Å². The molecule has 0 radical (unpaired) electrons. The molecule has 1 N–H and O–H groups in total. The fourth-order valence-electron chi connectivity index (χ4n) is 2.49. The largest absolute Gasteiger partial charge is 0.488 e. The van der Waals surface area contributed by atoms with E-state index in [2.05, 4.69) is 5.32 Å². The van der Waals surface area contributed by atoms with E-state index in [0.717, 1.165) is 5.56 Å². The van der Waals surface area contributed by atoms with Gasteiger partial charge in [0.05, 0.1) is 5.56 Å². The highest BCUT2D eigenvalue weighted by Crippen LogP contribution is 2.24. The smallest absolute Gasteiger partial charge is 0.342 e. The third-order valence-electron chi connectivity index (χ3n) is 4.09. The molecular formula is C22H17ClN2O4S. The van der Waals surface area contributed by atoms with Gasteiger partial charge in [-0.3, -0.25) is 4.79 Å². The van der Waals surface area contributed by atoms with Crippen molar-refractivity contribution in [1.82, 2.24) is 0 Å². The van der Waals surface area contributed by atoms with E-state index in [0.29, 0.717) is 21.3 Å². The Bertz CT molecular complexity index is 1090. The summed E-state index contributed by atoms with van der Waals surface area (Å²) in [6.07, 6.45) is -1.06. The van der Waals surface area contributed by atoms with Crippen LogP contribution in [0.3, 0.4) is 0 Å². The Morgan fingerprint density at radius 2 is 1.90 bits per heavy atom. The number of thiophene rings is 1. The first-order chi connectivity index (χ1) is 14.5. The van der Waals surface area contributed by atoms with Crippen molar-refractivity contribution in [3.8, 4) is 11.8 Å². The van der Waals surface area contributed by atoms with Crippen LogP contribution in [0.25, 0.3) is 0 Å². The lowest BCUT2D eigenvalue weighted by molar-refractivity contribution is -0.123. The Hall–Kier alpha value is -3.34. The predicted molar refractivity (Wildman–Crippen MR) is 115 cm³/mol. The maximum Gasteiger partial charge on any atom is 0.342 e. The van der Waals surface area contributed by atoms with Crippen LogP contribution in [-0.2, 0) is 16.1 Å². The summed E-state index contributed by atoms with van der Waals surface area (Å²) in [4.78, 5) is 24.9. The van der Waals surface area contributed by atoms with Crippen molar-refractivity contribution in [2.75, 3.05) is 5.32 Å². The van der Waals surface area contributed by atoms with Gasteiger partial charge in [-0.05, 0) is 48.2 Å². The minimum atomic E-state index is -1.06. The molecule has 6 nitrogen and oxygen atoms in total.